The fraction of sp³-hybridized carbons (Fsp3) is 0.429. The van der Waals surface area contributed by atoms with E-state index in [1.54, 1.807) is 0 Å². The fourth-order valence-electron chi connectivity index (χ4n) is 4.20. The third-order valence-electron chi connectivity index (χ3n) is 6.02. The topological polar surface area (TPSA) is 66.8 Å². The van der Waals surface area contributed by atoms with Crippen LogP contribution in [-0.4, -0.2) is 43.6 Å². The van der Waals surface area contributed by atoms with Gasteiger partial charge in [-0.1, -0.05) is 18.2 Å². The van der Waals surface area contributed by atoms with E-state index in [0.29, 0.717) is 16.6 Å². The number of carbonyl (C=O) groups excluding carboxylic acids is 1. The van der Waals surface area contributed by atoms with Crippen LogP contribution >= 0.6 is 12.2 Å². The average molecular weight is 394 g/mol. The van der Waals surface area contributed by atoms with Crippen molar-refractivity contribution in [2.24, 2.45) is 7.05 Å². The third kappa shape index (κ3) is 3.03. The minimum Gasteiger partial charge on any atom is -0.339 e. The maximum Gasteiger partial charge on any atom is 0.254 e. The van der Waals surface area contributed by atoms with E-state index in [9.17, 15) is 4.79 Å². The highest BCUT2D eigenvalue weighted by molar-refractivity contribution is 7.71. The Bertz CT molecular complexity index is 1110. The highest BCUT2D eigenvalue weighted by atomic mass is 32.1. The van der Waals surface area contributed by atoms with Gasteiger partial charge < -0.3 is 9.47 Å². The average Bonchev–Trinajstić information content (AvgIpc) is 3.53. The molecule has 1 aliphatic heterocycles. The van der Waals surface area contributed by atoms with Gasteiger partial charge in [-0.3, -0.25) is 14.9 Å². The van der Waals surface area contributed by atoms with E-state index >= 15 is 0 Å². The highest BCUT2D eigenvalue weighted by Crippen LogP contribution is 2.40. The molecule has 1 N–H and O–H groups in total. The molecule has 0 unspecified atom stereocenters. The molecule has 1 aliphatic carbocycles. The van der Waals surface area contributed by atoms with Gasteiger partial charge in [-0.05, 0) is 50.0 Å². The summed E-state index contributed by atoms with van der Waals surface area (Å²) in [7, 11) is 1.95. The van der Waals surface area contributed by atoms with Gasteiger partial charge in [0.15, 0.2) is 4.77 Å². The molecule has 7 heteroatoms. The van der Waals surface area contributed by atoms with Crippen LogP contribution in [0.15, 0.2) is 30.3 Å². The minimum absolute atomic E-state index is 0.120. The third-order valence-corrected chi connectivity index (χ3v) is 6.39. The number of H-pyrrole nitrogens is 1. The first-order chi connectivity index (χ1) is 13.6. The number of aromatic nitrogens is 4. The molecule has 0 atom stereocenters. The van der Waals surface area contributed by atoms with E-state index in [0.717, 1.165) is 53.9 Å². The first-order valence-electron chi connectivity index (χ1n) is 9.92. The van der Waals surface area contributed by atoms with Crippen LogP contribution in [-0.2, 0) is 7.05 Å². The fourth-order valence-corrected chi connectivity index (χ4v) is 4.34. The summed E-state index contributed by atoms with van der Waals surface area (Å²) in [6.07, 6.45) is 4.15. The molecule has 0 radical (unpaired) electrons. The largest absolute Gasteiger partial charge is 0.339 e. The van der Waals surface area contributed by atoms with Crippen molar-refractivity contribution in [3.8, 4) is 0 Å². The van der Waals surface area contributed by atoms with E-state index < -0.39 is 0 Å². The lowest BCUT2D eigenvalue weighted by atomic mass is 9.95. The van der Waals surface area contributed by atoms with Crippen LogP contribution in [0.1, 0.15) is 59.4 Å². The standard InChI is InChI=1S/C21H23N5OS/c1-25-19(23-24-21(25)28)14-8-10-26(11-9-14)20(27)16-12-18(13-6-7-13)22-17-5-3-2-4-15(16)17/h2-5,12-14H,6-11H2,1H3,(H,24,28). The Kier molecular flexibility index (Phi) is 4.27. The second-order valence-corrected chi connectivity index (χ2v) is 8.29. The summed E-state index contributed by atoms with van der Waals surface area (Å²) in [5.74, 6) is 1.96. The lowest BCUT2D eigenvalue weighted by molar-refractivity contribution is 0.0712. The van der Waals surface area contributed by atoms with E-state index in [1.165, 1.54) is 12.8 Å². The van der Waals surface area contributed by atoms with Crippen molar-refractivity contribution in [3.63, 3.8) is 0 Å². The molecule has 5 rings (SSSR count). The Morgan fingerprint density at radius 3 is 2.57 bits per heavy atom. The van der Waals surface area contributed by atoms with Gasteiger partial charge in [0.25, 0.3) is 5.91 Å². The van der Waals surface area contributed by atoms with E-state index in [4.69, 9.17) is 17.2 Å². The highest BCUT2D eigenvalue weighted by Gasteiger charge is 2.30. The summed E-state index contributed by atoms with van der Waals surface area (Å²) in [4.78, 5) is 20.2. The number of hydrogen-bond acceptors (Lipinski definition) is 4. The summed E-state index contributed by atoms with van der Waals surface area (Å²) in [5.41, 5.74) is 2.79. The number of benzene rings is 1. The second-order valence-electron chi connectivity index (χ2n) is 7.90. The predicted octanol–water partition coefficient (Wildman–Crippen LogP) is 3.92. The van der Waals surface area contributed by atoms with Gasteiger partial charge in [0.1, 0.15) is 5.82 Å². The Hall–Kier alpha value is -2.54. The Labute approximate surface area is 168 Å². The zero-order valence-electron chi connectivity index (χ0n) is 15.9. The monoisotopic (exact) mass is 393 g/mol. The van der Waals surface area contributed by atoms with Crippen molar-refractivity contribution in [3.05, 3.63) is 52.2 Å². The Balaban J connectivity index is 1.40. The Morgan fingerprint density at radius 1 is 1.14 bits per heavy atom. The summed E-state index contributed by atoms with van der Waals surface area (Å²) >= 11 is 5.23. The van der Waals surface area contributed by atoms with Crippen LogP contribution < -0.4 is 0 Å². The number of fused-ring (bicyclic) bond motifs is 1. The molecule has 3 heterocycles. The molecule has 1 saturated carbocycles. The lowest BCUT2D eigenvalue weighted by Gasteiger charge is -2.31. The van der Waals surface area contributed by atoms with E-state index in [-0.39, 0.29) is 5.91 Å². The van der Waals surface area contributed by atoms with Gasteiger partial charge in [-0.15, -0.1) is 0 Å². The summed E-state index contributed by atoms with van der Waals surface area (Å²) in [6, 6.07) is 10.0. The summed E-state index contributed by atoms with van der Waals surface area (Å²) in [5, 5.41) is 8.20. The number of nitrogens with one attached hydrogen (secondary N) is 1. The molecule has 6 nitrogen and oxygen atoms in total. The lowest BCUT2D eigenvalue weighted by Crippen LogP contribution is -2.38. The van der Waals surface area contributed by atoms with E-state index in [1.807, 2.05) is 46.8 Å². The smallest absolute Gasteiger partial charge is 0.254 e. The van der Waals surface area contributed by atoms with Crippen LogP contribution in [0.2, 0.25) is 0 Å². The predicted molar refractivity (Wildman–Crippen MR) is 110 cm³/mol. The van der Waals surface area contributed by atoms with Gasteiger partial charge in [-0.25, -0.2) is 0 Å². The number of likely N-dealkylation sites (tertiary alicyclic amines) is 1. The van der Waals surface area contributed by atoms with Crippen molar-refractivity contribution in [2.45, 2.75) is 37.5 Å². The Morgan fingerprint density at radius 2 is 1.89 bits per heavy atom. The first-order valence-corrected chi connectivity index (χ1v) is 10.3. The molecule has 3 aromatic rings. The molecule has 144 valence electrons. The molecule has 2 aromatic heterocycles. The van der Waals surface area contributed by atoms with Gasteiger partial charge in [-0.2, -0.15) is 5.10 Å². The van der Waals surface area contributed by atoms with Crippen LogP contribution in [0.5, 0.6) is 0 Å². The molecule has 0 spiro atoms. The molecule has 2 fully saturated rings. The molecule has 1 amide bonds. The zero-order valence-corrected chi connectivity index (χ0v) is 16.7. The maximum atomic E-state index is 13.4. The zero-order chi connectivity index (χ0) is 19.3. The van der Waals surface area contributed by atoms with E-state index in [2.05, 4.69) is 10.2 Å². The van der Waals surface area contributed by atoms with Crippen molar-refractivity contribution >= 4 is 29.0 Å². The van der Waals surface area contributed by atoms with Gasteiger partial charge >= 0.3 is 0 Å². The molecular weight excluding hydrogens is 370 g/mol. The molecule has 1 saturated heterocycles. The quantitative estimate of drug-likeness (QED) is 0.685. The molecule has 1 aromatic carbocycles. The van der Waals surface area contributed by atoms with Crippen LogP contribution in [0.3, 0.4) is 0 Å². The summed E-state index contributed by atoms with van der Waals surface area (Å²) < 4.78 is 2.58. The molecule has 2 aliphatic rings. The number of para-hydroxylation sites is 1. The number of amides is 1. The van der Waals surface area contributed by atoms with Crippen molar-refractivity contribution in [1.82, 2.24) is 24.6 Å². The number of nitrogens with zero attached hydrogens (tertiary/aromatic N) is 4. The number of rotatable bonds is 3. The van der Waals surface area contributed by atoms with Crippen LogP contribution in [0.25, 0.3) is 10.9 Å². The van der Waals surface area contributed by atoms with Crippen LogP contribution in [0, 0.1) is 4.77 Å². The minimum atomic E-state index is 0.120. The van der Waals surface area contributed by atoms with Gasteiger partial charge in [0.05, 0.1) is 11.1 Å². The number of aromatic amines is 1. The molecule has 0 bridgehead atoms. The number of pyridine rings is 1. The van der Waals surface area contributed by atoms with Gasteiger partial charge in [0, 0.05) is 43.1 Å². The van der Waals surface area contributed by atoms with Crippen LogP contribution in [0.4, 0.5) is 0 Å². The number of piperidine rings is 1. The van der Waals surface area contributed by atoms with Crippen molar-refractivity contribution in [2.75, 3.05) is 13.1 Å². The second kappa shape index (κ2) is 6.81. The first kappa shape index (κ1) is 17.6. The molecular formula is C21H23N5OS. The summed E-state index contributed by atoms with van der Waals surface area (Å²) in [6.45, 7) is 1.47. The number of hydrogen-bond donors (Lipinski definition) is 1. The molecule has 28 heavy (non-hydrogen) atoms. The maximum absolute atomic E-state index is 13.4. The number of carbonyl (C=O) groups is 1. The van der Waals surface area contributed by atoms with Crippen molar-refractivity contribution < 1.29 is 4.79 Å². The normalized spacial score (nSPS) is 18.0. The van der Waals surface area contributed by atoms with Gasteiger partial charge in [0.2, 0.25) is 0 Å². The van der Waals surface area contributed by atoms with Crippen molar-refractivity contribution in [1.29, 1.82) is 0 Å². The SMILES string of the molecule is Cn1c(C2CCN(C(=O)c3cc(C4CC4)nc4ccccc34)CC2)n[nH]c1=S.